The monoisotopic (exact) mass is 161 g/mol. The third-order valence-electron chi connectivity index (χ3n) is 2.58. The first-order valence-corrected chi connectivity index (χ1v) is 4.64. The van der Waals surface area contributed by atoms with Crippen molar-refractivity contribution in [2.75, 3.05) is 0 Å². The van der Waals surface area contributed by atoms with Crippen LogP contribution in [0.3, 0.4) is 0 Å². The van der Waals surface area contributed by atoms with E-state index < -0.39 is 0 Å². The largest absolute Gasteiger partial charge is 0.132 e. The van der Waals surface area contributed by atoms with Gasteiger partial charge in [0.2, 0.25) is 0 Å². The number of hydrogen-bond acceptors (Lipinski definition) is 0. The van der Waals surface area contributed by atoms with E-state index in [1.807, 2.05) is 0 Å². The predicted octanol–water partition coefficient (Wildman–Crippen LogP) is 3.68. The van der Waals surface area contributed by atoms with Gasteiger partial charge in [0.25, 0.3) is 0 Å². The maximum Gasteiger partial charge on any atom is 0.132 e. The summed E-state index contributed by atoms with van der Waals surface area (Å²) in [6.45, 7) is 6.74. The molecule has 0 radical (unpaired) electrons. The summed E-state index contributed by atoms with van der Waals surface area (Å²) in [6, 6.07) is 10.6. The number of hydrogen-bond donors (Lipinski definition) is 0. The first kappa shape index (κ1) is 9.18. The van der Waals surface area contributed by atoms with Crippen molar-refractivity contribution in [2.45, 2.75) is 27.2 Å². The maximum atomic E-state index is 2.28. The Balaban J connectivity index is 2.71. The Morgan fingerprint density at radius 2 is 1.83 bits per heavy atom. The topological polar surface area (TPSA) is 0 Å². The van der Waals surface area contributed by atoms with Crippen molar-refractivity contribution >= 4 is 0 Å². The lowest BCUT2D eigenvalue weighted by Gasteiger charge is -2.11. The molecular formula is C12H17+. The summed E-state index contributed by atoms with van der Waals surface area (Å²) in [5.41, 5.74) is 1.38. The van der Waals surface area contributed by atoms with Gasteiger partial charge in [-0.2, -0.15) is 0 Å². The highest BCUT2D eigenvalue weighted by atomic mass is 14.2. The average molecular weight is 161 g/mol. The van der Waals surface area contributed by atoms with Gasteiger partial charge in [-0.15, -0.1) is 0 Å². The van der Waals surface area contributed by atoms with Crippen LogP contribution >= 0.6 is 0 Å². The van der Waals surface area contributed by atoms with Crippen LogP contribution in [0, 0.1) is 11.8 Å². The molecule has 0 aliphatic heterocycles. The zero-order valence-corrected chi connectivity index (χ0v) is 8.17. The standard InChI is InChI=1S/C12H17/c1-4-10(2)11(3)12-8-6-5-7-9-12/h5-10H,4H2,1-3H3/q+1/t10-/m0/s1. The van der Waals surface area contributed by atoms with Crippen molar-refractivity contribution < 1.29 is 0 Å². The van der Waals surface area contributed by atoms with Crippen molar-refractivity contribution in [2.24, 2.45) is 5.92 Å². The fraction of sp³-hybridized carbons (Fsp3) is 0.417. The van der Waals surface area contributed by atoms with Crippen LogP contribution in [0.15, 0.2) is 30.3 Å². The van der Waals surface area contributed by atoms with E-state index in [1.165, 1.54) is 17.9 Å². The van der Waals surface area contributed by atoms with Crippen LogP contribution in [0.2, 0.25) is 0 Å². The lowest BCUT2D eigenvalue weighted by Crippen LogP contribution is -2.05. The minimum Gasteiger partial charge on any atom is -0.0637 e. The van der Waals surface area contributed by atoms with Gasteiger partial charge in [0.15, 0.2) is 0 Å². The van der Waals surface area contributed by atoms with Gasteiger partial charge in [-0.05, 0) is 31.5 Å². The first-order valence-electron chi connectivity index (χ1n) is 4.64. The Hall–Kier alpha value is -0.910. The van der Waals surface area contributed by atoms with Crippen LogP contribution < -0.4 is 0 Å². The molecule has 1 atom stereocenters. The molecule has 0 saturated carbocycles. The highest BCUT2D eigenvalue weighted by Gasteiger charge is 2.18. The molecule has 0 spiro atoms. The van der Waals surface area contributed by atoms with Crippen LogP contribution in [-0.2, 0) is 0 Å². The van der Waals surface area contributed by atoms with Gasteiger partial charge < -0.3 is 0 Å². The van der Waals surface area contributed by atoms with Crippen LogP contribution in [0.5, 0.6) is 0 Å². The quantitative estimate of drug-likeness (QED) is 0.593. The predicted molar refractivity (Wildman–Crippen MR) is 53.9 cm³/mol. The van der Waals surface area contributed by atoms with E-state index >= 15 is 0 Å². The molecule has 0 bridgehead atoms. The Kier molecular flexibility index (Phi) is 3.21. The van der Waals surface area contributed by atoms with Crippen molar-refractivity contribution in [3.8, 4) is 0 Å². The second kappa shape index (κ2) is 4.20. The van der Waals surface area contributed by atoms with E-state index in [-0.39, 0.29) is 0 Å². The summed E-state index contributed by atoms with van der Waals surface area (Å²) in [4.78, 5) is 0. The SMILES string of the molecule is CC[C@H](C)[C+](C)c1ccccc1. The zero-order chi connectivity index (χ0) is 8.97. The fourth-order valence-electron chi connectivity index (χ4n) is 1.29. The molecule has 1 rings (SSSR count). The van der Waals surface area contributed by atoms with Gasteiger partial charge >= 0.3 is 0 Å². The zero-order valence-electron chi connectivity index (χ0n) is 8.17. The molecule has 0 nitrogen and oxygen atoms in total. The normalized spacial score (nSPS) is 12.6. The molecule has 0 aliphatic carbocycles. The van der Waals surface area contributed by atoms with E-state index in [0.29, 0.717) is 5.92 Å². The molecule has 0 N–H and O–H groups in total. The van der Waals surface area contributed by atoms with Gasteiger partial charge in [0.1, 0.15) is 5.56 Å². The molecule has 0 heteroatoms. The summed E-state index contributed by atoms with van der Waals surface area (Å²) in [6.07, 6.45) is 1.22. The third-order valence-corrected chi connectivity index (χ3v) is 2.58. The van der Waals surface area contributed by atoms with Gasteiger partial charge in [-0.3, -0.25) is 0 Å². The molecule has 0 fully saturated rings. The van der Waals surface area contributed by atoms with Gasteiger partial charge in [0, 0.05) is 30.9 Å². The van der Waals surface area contributed by atoms with Gasteiger partial charge in [-0.1, -0.05) is 6.92 Å². The highest BCUT2D eigenvalue weighted by molar-refractivity contribution is 5.29. The molecule has 1 aromatic carbocycles. The minimum atomic E-state index is 0.701. The van der Waals surface area contributed by atoms with Gasteiger partial charge in [0.05, 0.1) is 0 Å². The molecule has 0 heterocycles. The van der Waals surface area contributed by atoms with Crippen molar-refractivity contribution in [3.05, 3.63) is 41.8 Å². The Bertz CT molecular complexity index is 213. The molecule has 0 aliphatic rings. The fourth-order valence-corrected chi connectivity index (χ4v) is 1.29. The minimum absolute atomic E-state index is 0.701. The Morgan fingerprint density at radius 3 is 2.33 bits per heavy atom. The number of rotatable bonds is 3. The summed E-state index contributed by atoms with van der Waals surface area (Å²) in [5, 5.41) is 0. The van der Waals surface area contributed by atoms with E-state index in [9.17, 15) is 0 Å². The molecule has 0 saturated heterocycles. The van der Waals surface area contributed by atoms with Gasteiger partial charge in [-0.25, -0.2) is 0 Å². The average Bonchev–Trinajstić information content (AvgIpc) is 2.17. The van der Waals surface area contributed by atoms with E-state index in [4.69, 9.17) is 0 Å². The van der Waals surface area contributed by atoms with Crippen LogP contribution in [0.4, 0.5) is 0 Å². The smallest absolute Gasteiger partial charge is 0.0637 e. The highest BCUT2D eigenvalue weighted by Crippen LogP contribution is 2.24. The summed E-state index contributed by atoms with van der Waals surface area (Å²) >= 11 is 0. The molecule has 1 aromatic rings. The van der Waals surface area contributed by atoms with Crippen molar-refractivity contribution in [1.29, 1.82) is 0 Å². The Labute approximate surface area is 75.6 Å². The number of benzene rings is 1. The first-order chi connectivity index (χ1) is 5.75. The van der Waals surface area contributed by atoms with Crippen LogP contribution in [0.25, 0.3) is 0 Å². The second-order valence-electron chi connectivity index (χ2n) is 3.36. The molecule has 12 heavy (non-hydrogen) atoms. The molecular weight excluding hydrogens is 144 g/mol. The lowest BCUT2D eigenvalue weighted by molar-refractivity contribution is 0.598. The molecule has 0 unspecified atom stereocenters. The van der Waals surface area contributed by atoms with Crippen LogP contribution in [-0.4, -0.2) is 0 Å². The lowest BCUT2D eigenvalue weighted by atomic mass is 9.87. The Morgan fingerprint density at radius 1 is 1.25 bits per heavy atom. The summed E-state index contributed by atoms with van der Waals surface area (Å²) < 4.78 is 0. The van der Waals surface area contributed by atoms with Crippen molar-refractivity contribution in [1.82, 2.24) is 0 Å². The van der Waals surface area contributed by atoms with Crippen LogP contribution in [0.1, 0.15) is 32.8 Å². The van der Waals surface area contributed by atoms with E-state index in [1.54, 1.807) is 0 Å². The third kappa shape index (κ3) is 2.04. The molecule has 0 aromatic heterocycles. The summed E-state index contributed by atoms with van der Waals surface area (Å²) in [5.74, 6) is 2.20. The maximum absolute atomic E-state index is 2.28. The van der Waals surface area contributed by atoms with E-state index in [2.05, 4.69) is 51.1 Å². The molecule has 64 valence electrons. The second-order valence-corrected chi connectivity index (χ2v) is 3.36. The molecule has 0 amide bonds. The summed E-state index contributed by atoms with van der Waals surface area (Å²) in [7, 11) is 0. The van der Waals surface area contributed by atoms with E-state index in [0.717, 1.165) is 0 Å². The van der Waals surface area contributed by atoms with Crippen molar-refractivity contribution in [3.63, 3.8) is 0 Å².